The molecule has 0 aromatic rings. The quantitative estimate of drug-likeness (QED) is 0.709. The molecule has 0 heterocycles. The molecule has 0 saturated heterocycles. The molecule has 3 N–H and O–H groups in total. The third-order valence-corrected chi connectivity index (χ3v) is 4.57. The van der Waals surface area contributed by atoms with Crippen LogP contribution >= 0.6 is 0 Å². The fourth-order valence-corrected chi connectivity index (χ4v) is 3.03. The van der Waals surface area contributed by atoms with Crippen molar-refractivity contribution in [2.75, 3.05) is 0 Å². The maximum Gasteiger partial charge on any atom is 0.0849 e. The van der Waals surface area contributed by atoms with E-state index < -0.39 is 11.7 Å². The highest BCUT2D eigenvalue weighted by Gasteiger charge is 2.32. The largest absolute Gasteiger partial charge is 0.393 e. The topological polar surface area (TPSA) is 60.7 Å². The summed E-state index contributed by atoms with van der Waals surface area (Å²) >= 11 is 0. The average Bonchev–Trinajstić information content (AvgIpc) is 2.24. The minimum absolute atomic E-state index is 0.192. The smallest absolute Gasteiger partial charge is 0.0849 e. The van der Waals surface area contributed by atoms with E-state index in [2.05, 4.69) is 13.8 Å². The molecule has 0 spiro atoms. The van der Waals surface area contributed by atoms with Crippen LogP contribution in [0, 0.1) is 17.8 Å². The number of hydrogen-bond donors (Lipinski definition) is 3. The Labute approximate surface area is 111 Å². The molecule has 1 rings (SSSR count). The molecule has 18 heavy (non-hydrogen) atoms. The van der Waals surface area contributed by atoms with Crippen LogP contribution in [0.25, 0.3) is 0 Å². The molecule has 1 saturated carbocycles. The molecule has 3 nitrogen and oxygen atoms in total. The Kier molecular flexibility index (Phi) is 5.63. The van der Waals surface area contributed by atoms with Crippen LogP contribution in [0.3, 0.4) is 0 Å². The normalized spacial score (nSPS) is 33.2. The highest BCUT2D eigenvalue weighted by Crippen LogP contribution is 2.35. The molecule has 0 amide bonds. The van der Waals surface area contributed by atoms with E-state index in [1.54, 1.807) is 13.8 Å². The lowest BCUT2D eigenvalue weighted by molar-refractivity contribution is -0.0568. The minimum atomic E-state index is -1.03. The first kappa shape index (κ1) is 15.9. The van der Waals surface area contributed by atoms with Gasteiger partial charge in [-0.1, -0.05) is 20.3 Å². The van der Waals surface area contributed by atoms with Gasteiger partial charge in [-0.3, -0.25) is 0 Å². The van der Waals surface area contributed by atoms with Crippen molar-refractivity contribution in [3.8, 4) is 0 Å². The van der Waals surface area contributed by atoms with E-state index >= 15 is 0 Å². The summed E-state index contributed by atoms with van der Waals surface area (Å²) in [5.41, 5.74) is -1.03. The summed E-state index contributed by atoms with van der Waals surface area (Å²) in [5.74, 6) is 1.39. The van der Waals surface area contributed by atoms with Gasteiger partial charge >= 0.3 is 0 Å². The van der Waals surface area contributed by atoms with Gasteiger partial charge in [-0.25, -0.2) is 0 Å². The van der Waals surface area contributed by atoms with Crippen LogP contribution in [0.4, 0.5) is 0 Å². The lowest BCUT2D eigenvalue weighted by Gasteiger charge is -2.36. The van der Waals surface area contributed by atoms with Crippen molar-refractivity contribution < 1.29 is 15.3 Å². The number of aliphatic hydroxyl groups is 3. The summed E-state index contributed by atoms with van der Waals surface area (Å²) in [6, 6.07) is 0. The summed E-state index contributed by atoms with van der Waals surface area (Å²) in [6.07, 6.45) is 3.78. The Bertz CT molecular complexity index is 247. The van der Waals surface area contributed by atoms with E-state index in [1.165, 1.54) is 6.42 Å². The van der Waals surface area contributed by atoms with E-state index in [0.29, 0.717) is 24.2 Å². The van der Waals surface area contributed by atoms with E-state index in [-0.39, 0.29) is 6.10 Å². The molecule has 0 aromatic heterocycles. The maximum absolute atomic E-state index is 10.1. The van der Waals surface area contributed by atoms with Crippen LogP contribution in [-0.4, -0.2) is 33.1 Å². The summed E-state index contributed by atoms with van der Waals surface area (Å²) < 4.78 is 0. The second-order valence-electron chi connectivity index (χ2n) is 6.87. The van der Waals surface area contributed by atoms with Crippen LogP contribution in [0.1, 0.15) is 59.8 Å². The molecule has 0 aromatic carbocycles. The second kappa shape index (κ2) is 6.36. The van der Waals surface area contributed by atoms with Crippen molar-refractivity contribution in [1.82, 2.24) is 0 Å². The van der Waals surface area contributed by atoms with Crippen molar-refractivity contribution >= 4 is 0 Å². The number of aliphatic hydroxyl groups excluding tert-OH is 2. The van der Waals surface area contributed by atoms with Gasteiger partial charge in [0.05, 0.1) is 17.8 Å². The van der Waals surface area contributed by atoms with Gasteiger partial charge in [0.2, 0.25) is 0 Å². The van der Waals surface area contributed by atoms with Crippen LogP contribution in [-0.2, 0) is 0 Å². The molecule has 0 radical (unpaired) electrons. The zero-order valence-electron chi connectivity index (χ0n) is 12.3. The first-order valence-electron chi connectivity index (χ1n) is 7.30. The van der Waals surface area contributed by atoms with E-state index in [4.69, 9.17) is 0 Å². The maximum atomic E-state index is 10.1. The van der Waals surface area contributed by atoms with Crippen LogP contribution < -0.4 is 0 Å². The molecular formula is C15H30O3. The van der Waals surface area contributed by atoms with Gasteiger partial charge in [0.1, 0.15) is 0 Å². The zero-order valence-corrected chi connectivity index (χ0v) is 12.3. The zero-order chi connectivity index (χ0) is 13.9. The minimum Gasteiger partial charge on any atom is -0.393 e. The SMILES string of the molecule is C[C@H]1CC[C@H]([C@H](C)CC[C@H](O)C(C)(C)O)[C@@H](O)C1. The van der Waals surface area contributed by atoms with Crippen molar-refractivity contribution in [2.45, 2.75) is 77.6 Å². The van der Waals surface area contributed by atoms with Crippen molar-refractivity contribution in [2.24, 2.45) is 17.8 Å². The third-order valence-electron chi connectivity index (χ3n) is 4.57. The lowest BCUT2D eigenvalue weighted by atomic mass is 9.73. The molecule has 1 fully saturated rings. The Balaban J connectivity index is 2.39. The molecule has 1 aliphatic carbocycles. The van der Waals surface area contributed by atoms with Gasteiger partial charge in [-0.15, -0.1) is 0 Å². The summed E-state index contributed by atoms with van der Waals surface area (Å²) in [6.45, 7) is 7.63. The first-order chi connectivity index (χ1) is 8.21. The van der Waals surface area contributed by atoms with Crippen LogP contribution in [0.2, 0.25) is 0 Å². The van der Waals surface area contributed by atoms with Gasteiger partial charge in [-0.2, -0.15) is 0 Å². The monoisotopic (exact) mass is 258 g/mol. The number of rotatable bonds is 5. The average molecular weight is 258 g/mol. The predicted molar refractivity (Wildman–Crippen MR) is 73.2 cm³/mol. The van der Waals surface area contributed by atoms with Crippen molar-refractivity contribution in [3.63, 3.8) is 0 Å². The highest BCUT2D eigenvalue weighted by atomic mass is 16.3. The van der Waals surface area contributed by atoms with Crippen LogP contribution in [0.15, 0.2) is 0 Å². The Morgan fingerprint density at radius 1 is 1.22 bits per heavy atom. The van der Waals surface area contributed by atoms with Crippen molar-refractivity contribution in [1.29, 1.82) is 0 Å². The third kappa shape index (κ3) is 4.52. The van der Waals surface area contributed by atoms with Gasteiger partial charge < -0.3 is 15.3 Å². The standard InChI is InChI=1S/C15H30O3/c1-10-5-7-12(13(16)9-10)11(2)6-8-14(17)15(3,4)18/h10-14,16-18H,5-9H2,1-4H3/t10-,11+,12+,13-,14-/m0/s1. The van der Waals surface area contributed by atoms with E-state index in [0.717, 1.165) is 19.3 Å². The molecular weight excluding hydrogens is 228 g/mol. The van der Waals surface area contributed by atoms with Gasteiger partial charge in [-0.05, 0) is 57.3 Å². The molecule has 0 unspecified atom stereocenters. The fourth-order valence-electron chi connectivity index (χ4n) is 3.03. The second-order valence-corrected chi connectivity index (χ2v) is 6.87. The number of hydrogen-bond acceptors (Lipinski definition) is 3. The van der Waals surface area contributed by atoms with Gasteiger partial charge in [0, 0.05) is 0 Å². The summed E-state index contributed by atoms with van der Waals surface area (Å²) in [4.78, 5) is 0. The lowest BCUT2D eigenvalue weighted by Crippen LogP contribution is -2.37. The fraction of sp³-hybridized carbons (Fsp3) is 1.00. The molecule has 108 valence electrons. The molecule has 0 aliphatic heterocycles. The Hall–Kier alpha value is -0.120. The Morgan fingerprint density at radius 2 is 1.83 bits per heavy atom. The van der Waals surface area contributed by atoms with Crippen LogP contribution in [0.5, 0.6) is 0 Å². The van der Waals surface area contributed by atoms with Gasteiger partial charge in [0.25, 0.3) is 0 Å². The Morgan fingerprint density at radius 3 is 2.33 bits per heavy atom. The van der Waals surface area contributed by atoms with Crippen molar-refractivity contribution in [3.05, 3.63) is 0 Å². The van der Waals surface area contributed by atoms with E-state index in [1.807, 2.05) is 0 Å². The molecule has 3 heteroatoms. The first-order valence-corrected chi connectivity index (χ1v) is 7.30. The van der Waals surface area contributed by atoms with Gasteiger partial charge in [0.15, 0.2) is 0 Å². The van der Waals surface area contributed by atoms with E-state index in [9.17, 15) is 15.3 Å². The molecule has 5 atom stereocenters. The summed E-state index contributed by atoms with van der Waals surface area (Å²) in [7, 11) is 0. The highest BCUT2D eigenvalue weighted by molar-refractivity contribution is 4.83. The molecule has 0 bridgehead atoms. The summed E-state index contributed by atoms with van der Waals surface area (Å²) in [5, 5.41) is 29.6. The predicted octanol–water partition coefficient (Wildman–Crippen LogP) is 2.33. The molecule has 1 aliphatic rings.